The van der Waals surface area contributed by atoms with Gasteiger partial charge in [0, 0.05) is 38.5 Å². The summed E-state index contributed by atoms with van der Waals surface area (Å²) in [5, 5.41) is 15.9. The molecular formula is C21H17N3O2. The number of benzene rings is 2. The van der Waals surface area contributed by atoms with E-state index in [1.807, 2.05) is 43.3 Å². The lowest BCUT2D eigenvalue weighted by Crippen LogP contribution is -2.18. The van der Waals surface area contributed by atoms with Crippen molar-refractivity contribution in [1.29, 1.82) is 0 Å². The number of aromatic amines is 2. The Hall–Kier alpha value is -3.31. The molecule has 1 unspecified atom stereocenters. The second-order valence-electron chi connectivity index (χ2n) is 6.49. The Labute approximate surface area is 149 Å². The molecule has 5 nitrogen and oxygen atoms in total. The van der Waals surface area contributed by atoms with E-state index < -0.39 is 6.23 Å². The predicted octanol–water partition coefficient (Wildman–Crippen LogP) is 4.21. The van der Waals surface area contributed by atoms with Crippen LogP contribution in [-0.2, 0) is 0 Å². The van der Waals surface area contributed by atoms with E-state index in [2.05, 4.69) is 21.9 Å². The highest BCUT2D eigenvalue weighted by atomic mass is 16.3. The molecule has 2 aromatic heterocycles. The lowest BCUT2D eigenvalue weighted by molar-refractivity contribution is 0.0852. The first kappa shape index (κ1) is 15.0. The predicted molar refractivity (Wildman–Crippen MR) is 105 cm³/mol. The van der Waals surface area contributed by atoms with Gasteiger partial charge in [-0.2, -0.15) is 0 Å². The molecule has 4 aromatic rings. The Morgan fingerprint density at radius 3 is 2.69 bits per heavy atom. The second-order valence-corrected chi connectivity index (χ2v) is 6.49. The number of allylic oxidation sites excluding steroid dienone is 1. The first-order chi connectivity index (χ1) is 12.7. The molecule has 4 N–H and O–H groups in total. The highest BCUT2D eigenvalue weighted by molar-refractivity contribution is 6.27. The molecule has 2 aromatic carbocycles. The summed E-state index contributed by atoms with van der Waals surface area (Å²) in [6, 6.07) is 7.88. The summed E-state index contributed by atoms with van der Waals surface area (Å²) < 4.78 is 0. The largest absolute Gasteiger partial charge is 0.369 e. The number of fused-ring (bicyclic) bond motifs is 8. The Bertz CT molecular complexity index is 1270. The number of hydrogen-bond donors (Lipinski definition) is 4. The minimum Gasteiger partial charge on any atom is -0.369 e. The van der Waals surface area contributed by atoms with Crippen LogP contribution in [0.15, 0.2) is 36.9 Å². The zero-order chi connectivity index (χ0) is 18.0. The first-order valence-electron chi connectivity index (χ1n) is 8.51. The molecule has 3 heterocycles. The van der Waals surface area contributed by atoms with Crippen LogP contribution < -0.4 is 5.32 Å². The maximum atomic E-state index is 12.7. The van der Waals surface area contributed by atoms with Crippen molar-refractivity contribution in [3.8, 4) is 0 Å². The van der Waals surface area contributed by atoms with Gasteiger partial charge in [0.2, 0.25) is 0 Å². The number of carbonyl (C=O) groups is 1. The average molecular weight is 343 g/mol. The van der Waals surface area contributed by atoms with Crippen LogP contribution in [0, 0.1) is 0 Å². The van der Waals surface area contributed by atoms with Crippen molar-refractivity contribution in [2.45, 2.75) is 13.2 Å². The monoisotopic (exact) mass is 343 g/mol. The molecule has 0 fully saturated rings. The van der Waals surface area contributed by atoms with Crippen molar-refractivity contribution in [3.63, 3.8) is 0 Å². The normalized spacial score (nSPS) is 16.8. The Morgan fingerprint density at radius 2 is 1.92 bits per heavy atom. The fraction of sp³-hybridized carbons (Fsp3) is 0.0952. The molecule has 5 rings (SSSR count). The SMILES string of the molecule is C=Cc1[nH]c2c(c1/C=C\C)c1c(c3c4ccccc4[nH]c23)C(=O)NC1O. The molecule has 128 valence electrons. The van der Waals surface area contributed by atoms with E-state index in [4.69, 9.17) is 0 Å². The van der Waals surface area contributed by atoms with Crippen molar-refractivity contribution in [1.82, 2.24) is 15.3 Å². The molecule has 1 amide bonds. The summed E-state index contributed by atoms with van der Waals surface area (Å²) in [4.78, 5) is 19.5. The van der Waals surface area contributed by atoms with Gasteiger partial charge in [0.25, 0.3) is 5.91 Å². The molecule has 1 atom stereocenters. The number of aromatic nitrogens is 2. The van der Waals surface area contributed by atoms with Gasteiger partial charge in [-0.3, -0.25) is 4.79 Å². The number of aliphatic hydroxyl groups is 1. The van der Waals surface area contributed by atoms with Crippen molar-refractivity contribution < 1.29 is 9.90 Å². The average Bonchev–Trinajstić information content (AvgIpc) is 3.27. The molecule has 26 heavy (non-hydrogen) atoms. The third kappa shape index (κ3) is 1.70. The van der Waals surface area contributed by atoms with E-state index in [0.717, 1.165) is 44.0 Å². The van der Waals surface area contributed by atoms with Crippen LogP contribution in [0.25, 0.3) is 44.9 Å². The Balaban J connectivity index is 2.14. The molecule has 5 heteroatoms. The van der Waals surface area contributed by atoms with Crippen molar-refractivity contribution >= 4 is 50.8 Å². The molecule has 0 spiro atoms. The summed E-state index contributed by atoms with van der Waals surface area (Å²) in [6.45, 7) is 5.84. The van der Waals surface area contributed by atoms with Crippen molar-refractivity contribution in [2.24, 2.45) is 0 Å². The molecule has 1 aliphatic heterocycles. The van der Waals surface area contributed by atoms with Crippen LogP contribution in [0.5, 0.6) is 0 Å². The van der Waals surface area contributed by atoms with Gasteiger partial charge in [-0.15, -0.1) is 0 Å². The van der Waals surface area contributed by atoms with Crippen LogP contribution in [0.1, 0.15) is 40.3 Å². The third-order valence-electron chi connectivity index (χ3n) is 5.12. The number of amides is 1. The minimum atomic E-state index is -1.03. The maximum absolute atomic E-state index is 12.7. The van der Waals surface area contributed by atoms with Gasteiger partial charge < -0.3 is 20.4 Å². The number of nitrogens with one attached hydrogen (secondary N) is 3. The number of aliphatic hydroxyl groups excluding tert-OH is 1. The van der Waals surface area contributed by atoms with Gasteiger partial charge in [-0.25, -0.2) is 0 Å². The summed E-state index contributed by atoms with van der Waals surface area (Å²) in [5.41, 5.74) is 5.63. The van der Waals surface area contributed by atoms with Crippen LogP contribution in [0.2, 0.25) is 0 Å². The van der Waals surface area contributed by atoms with E-state index in [0.29, 0.717) is 11.1 Å². The van der Waals surface area contributed by atoms with E-state index in [9.17, 15) is 9.90 Å². The van der Waals surface area contributed by atoms with Crippen LogP contribution in [0.3, 0.4) is 0 Å². The Kier molecular flexibility index (Phi) is 2.94. The fourth-order valence-electron chi connectivity index (χ4n) is 4.13. The molecule has 0 saturated heterocycles. The van der Waals surface area contributed by atoms with Gasteiger partial charge in [-0.1, -0.05) is 36.9 Å². The smallest absolute Gasteiger partial charge is 0.254 e. The number of H-pyrrole nitrogens is 2. The van der Waals surface area contributed by atoms with E-state index in [1.54, 1.807) is 6.08 Å². The quantitative estimate of drug-likeness (QED) is 0.440. The van der Waals surface area contributed by atoms with Crippen molar-refractivity contribution in [2.75, 3.05) is 0 Å². The summed E-state index contributed by atoms with van der Waals surface area (Å²) in [7, 11) is 0. The van der Waals surface area contributed by atoms with Gasteiger partial charge in [0.05, 0.1) is 16.6 Å². The molecule has 0 saturated carbocycles. The number of para-hydroxylation sites is 1. The van der Waals surface area contributed by atoms with Crippen molar-refractivity contribution in [3.05, 3.63) is 59.3 Å². The second kappa shape index (κ2) is 5.09. The lowest BCUT2D eigenvalue weighted by atomic mass is 9.95. The summed E-state index contributed by atoms with van der Waals surface area (Å²) >= 11 is 0. The molecular weight excluding hydrogens is 326 g/mol. The topological polar surface area (TPSA) is 80.9 Å². The fourth-order valence-corrected chi connectivity index (χ4v) is 4.13. The highest BCUT2D eigenvalue weighted by Gasteiger charge is 2.35. The maximum Gasteiger partial charge on any atom is 0.254 e. The first-order valence-corrected chi connectivity index (χ1v) is 8.51. The summed E-state index contributed by atoms with van der Waals surface area (Å²) in [6.07, 6.45) is 4.64. The van der Waals surface area contributed by atoms with E-state index >= 15 is 0 Å². The van der Waals surface area contributed by atoms with E-state index in [1.165, 1.54) is 0 Å². The van der Waals surface area contributed by atoms with Crippen LogP contribution in [-0.4, -0.2) is 21.0 Å². The Morgan fingerprint density at radius 1 is 1.15 bits per heavy atom. The third-order valence-corrected chi connectivity index (χ3v) is 5.12. The van der Waals surface area contributed by atoms with Gasteiger partial charge in [0.15, 0.2) is 6.23 Å². The van der Waals surface area contributed by atoms with Gasteiger partial charge in [-0.05, 0) is 19.1 Å². The molecule has 1 aliphatic rings. The zero-order valence-corrected chi connectivity index (χ0v) is 14.2. The number of rotatable bonds is 2. The van der Waals surface area contributed by atoms with E-state index in [-0.39, 0.29) is 5.91 Å². The number of carbonyl (C=O) groups excluding carboxylic acids is 1. The minimum absolute atomic E-state index is 0.253. The molecule has 0 aliphatic carbocycles. The van der Waals surface area contributed by atoms with Gasteiger partial charge in [0.1, 0.15) is 0 Å². The zero-order valence-electron chi connectivity index (χ0n) is 14.2. The van der Waals surface area contributed by atoms with Crippen LogP contribution in [0.4, 0.5) is 0 Å². The van der Waals surface area contributed by atoms with Crippen LogP contribution >= 0.6 is 0 Å². The standard InChI is InChI=1S/C21H17N3O2/c1-3-7-10-12(4-2)22-18-14(10)16-17(21(26)24-20(16)25)15-11-8-5-6-9-13(11)23-19(15)18/h3-9,20,22-23,25H,2H2,1H3,(H,24,26)/b7-3-. The highest BCUT2D eigenvalue weighted by Crippen LogP contribution is 2.43. The molecule has 0 bridgehead atoms. The lowest BCUT2D eigenvalue weighted by Gasteiger charge is -2.08. The van der Waals surface area contributed by atoms with Gasteiger partial charge >= 0.3 is 0 Å². The number of hydrogen-bond acceptors (Lipinski definition) is 2. The summed E-state index contributed by atoms with van der Waals surface area (Å²) in [5.74, 6) is -0.253. The molecule has 0 radical (unpaired) electrons.